The summed E-state index contributed by atoms with van der Waals surface area (Å²) >= 11 is 0.938. The van der Waals surface area contributed by atoms with Crippen molar-refractivity contribution < 1.29 is 19.1 Å². The van der Waals surface area contributed by atoms with Gasteiger partial charge in [0.1, 0.15) is 12.4 Å². The van der Waals surface area contributed by atoms with Crippen LogP contribution in [0.15, 0.2) is 41.3 Å². The highest BCUT2D eigenvalue weighted by Crippen LogP contribution is 2.36. The maximum Gasteiger partial charge on any atom is 0.293 e. The molecule has 0 aromatic heterocycles. The molecule has 0 aliphatic carbocycles. The topological polar surface area (TPSA) is 55.8 Å². The van der Waals surface area contributed by atoms with Gasteiger partial charge in [-0.25, -0.2) is 0 Å². The molecule has 0 saturated carbocycles. The summed E-state index contributed by atoms with van der Waals surface area (Å²) in [5.74, 6) is 2.73. The van der Waals surface area contributed by atoms with Crippen molar-refractivity contribution in [3.8, 4) is 18.1 Å². The van der Waals surface area contributed by atoms with Gasteiger partial charge >= 0.3 is 0 Å². The second kappa shape index (κ2) is 8.76. The molecule has 1 heterocycles. The summed E-state index contributed by atoms with van der Waals surface area (Å²) in [5, 5.41) is 1.67. The van der Waals surface area contributed by atoms with Crippen molar-refractivity contribution in [2.24, 2.45) is 0 Å². The standard InChI is InChI=1S/C21H19NO4S/c1-3-12-26-18-10-9-15-7-4-5-8-16(15)17(18)14-19-20(23)22(21(24)27-19)11-6-13-25-2/h1,4-5,7-10,14H,6,11-13H2,2H3/b19-14+. The molecule has 0 unspecified atom stereocenters. The van der Waals surface area contributed by atoms with Crippen molar-refractivity contribution >= 4 is 39.8 Å². The van der Waals surface area contributed by atoms with Crippen LogP contribution in [0.5, 0.6) is 5.75 Å². The number of hydrogen-bond donors (Lipinski definition) is 0. The Hall–Kier alpha value is -2.75. The van der Waals surface area contributed by atoms with Crippen molar-refractivity contribution in [2.45, 2.75) is 6.42 Å². The Balaban J connectivity index is 1.98. The molecule has 0 N–H and O–H groups in total. The van der Waals surface area contributed by atoms with Gasteiger partial charge in [0.25, 0.3) is 11.1 Å². The second-order valence-electron chi connectivity index (χ2n) is 5.87. The predicted octanol–water partition coefficient (Wildman–Crippen LogP) is 3.92. The maximum absolute atomic E-state index is 12.7. The number of rotatable bonds is 7. The smallest absolute Gasteiger partial charge is 0.293 e. The molecular formula is C21H19NO4S. The first-order chi connectivity index (χ1) is 13.2. The van der Waals surface area contributed by atoms with Crippen molar-refractivity contribution in [1.82, 2.24) is 4.90 Å². The molecule has 138 valence electrons. The van der Waals surface area contributed by atoms with E-state index in [1.807, 2.05) is 36.4 Å². The quantitative estimate of drug-likeness (QED) is 0.413. The van der Waals surface area contributed by atoms with Gasteiger partial charge in [0.15, 0.2) is 0 Å². The van der Waals surface area contributed by atoms with E-state index in [9.17, 15) is 9.59 Å². The van der Waals surface area contributed by atoms with E-state index >= 15 is 0 Å². The summed E-state index contributed by atoms with van der Waals surface area (Å²) in [7, 11) is 1.59. The lowest BCUT2D eigenvalue weighted by molar-refractivity contribution is -0.122. The number of ether oxygens (including phenoxy) is 2. The summed E-state index contributed by atoms with van der Waals surface area (Å²) in [6.45, 7) is 0.956. The normalized spacial score (nSPS) is 15.6. The molecule has 0 atom stereocenters. The zero-order valence-electron chi connectivity index (χ0n) is 14.9. The molecule has 3 rings (SSSR count). The molecular weight excluding hydrogens is 362 g/mol. The Kier molecular flexibility index (Phi) is 6.17. The Labute approximate surface area is 162 Å². The first-order valence-electron chi connectivity index (χ1n) is 8.48. The SMILES string of the molecule is C#CCOc1ccc2ccccc2c1/C=C1/SC(=O)N(CCCOC)C1=O. The van der Waals surface area contributed by atoms with Gasteiger partial charge in [-0.05, 0) is 41.1 Å². The zero-order valence-corrected chi connectivity index (χ0v) is 15.8. The first kappa shape index (κ1) is 19.0. The number of methoxy groups -OCH3 is 1. The molecule has 5 nitrogen and oxygen atoms in total. The maximum atomic E-state index is 12.7. The third-order valence-electron chi connectivity index (χ3n) is 4.12. The van der Waals surface area contributed by atoms with E-state index in [4.69, 9.17) is 15.9 Å². The minimum atomic E-state index is -0.295. The lowest BCUT2D eigenvalue weighted by Crippen LogP contribution is -2.29. The van der Waals surface area contributed by atoms with Gasteiger partial charge in [-0.1, -0.05) is 36.3 Å². The van der Waals surface area contributed by atoms with Crippen molar-refractivity contribution in [1.29, 1.82) is 0 Å². The van der Waals surface area contributed by atoms with Crippen LogP contribution in [0.4, 0.5) is 4.79 Å². The molecule has 1 saturated heterocycles. The minimum absolute atomic E-state index is 0.123. The van der Waals surface area contributed by atoms with E-state index < -0.39 is 0 Å². The van der Waals surface area contributed by atoms with Crippen LogP contribution in [0.3, 0.4) is 0 Å². The van der Waals surface area contributed by atoms with Gasteiger partial charge < -0.3 is 9.47 Å². The predicted molar refractivity (Wildman–Crippen MR) is 107 cm³/mol. The lowest BCUT2D eigenvalue weighted by Gasteiger charge is -2.12. The number of hydrogen-bond acceptors (Lipinski definition) is 5. The van der Waals surface area contributed by atoms with Crippen LogP contribution in [0.2, 0.25) is 0 Å². The van der Waals surface area contributed by atoms with E-state index in [0.29, 0.717) is 30.2 Å². The summed E-state index contributed by atoms with van der Waals surface area (Å²) in [6, 6.07) is 11.6. The van der Waals surface area contributed by atoms with Gasteiger partial charge in [0.2, 0.25) is 0 Å². The molecule has 2 amide bonds. The fraction of sp³-hybridized carbons (Fsp3) is 0.238. The Morgan fingerprint density at radius 3 is 2.81 bits per heavy atom. The van der Waals surface area contributed by atoms with Gasteiger partial charge in [-0.15, -0.1) is 6.42 Å². The number of terminal acetylenes is 1. The first-order valence-corrected chi connectivity index (χ1v) is 9.29. The molecule has 1 aliphatic heterocycles. The summed E-state index contributed by atoms with van der Waals surface area (Å²) < 4.78 is 10.6. The highest BCUT2D eigenvalue weighted by atomic mass is 32.2. The van der Waals surface area contributed by atoms with Crippen LogP contribution < -0.4 is 4.74 Å². The Bertz CT molecular complexity index is 945. The molecule has 0 radical (unpaired) electrons. The average Bonchev–Trinajstić information content (AvgIpc) is 2.95. The molecule has 0 bridgehead atoms. The number of thioether (sulfide) groups is 1. The average molecular weight is 381 g/mol. The van der Waals surface area contributed by atoms with Crippen molar-refractivity contribution in [3.63, 3.8) is 0 Å². The number of amides is 2. The molecule has 2 aromatic carbocycles. The number of fused-ring (bicyclic) bond motifs is 1. The van der Waals surface area contributed by atoms with E-state index in [0.717, 1.165) is 28.1 Å². The largest absolute Gasteiger partial charge is 0.480 e. The molecule has 1 aliphatic rings. The number of nitrogens with zero attached hydrogens (tertiary/aromatic N) is 1. The highest BCUT2D eigenvalue weighted by molar-refractivity contribution is 8.18. The summed E-state index contributed by atoms with van der Waals surface area (Å²) in [5.41, 5.74) is 0.741. The van der Waals surface area contributed by atoms with Crippen LogP contribution in [0.1, 0.15) is 12.0 Å². The van der Waals surface area contributed by atoms with Gasteiger partial charge in [0.05, 0.1) is 4.91 Å². The molecule has 0 spiro atoms. The fourth-order valence-corrected chi connectivity index (χ4v) is 3.71. The van der Waals surface area contributed by atoms with E-state index in [1.165, 1.54) is 4.90 Å². The third-order valence-corrected chi connectivity index (χ3v) is 5.03. The monoisotopic (exact) mass is 381 g/mol. The number of carbonyl (C=O) groups is 2. The minimum Gasteiger partial charge on any atom is -0.480 e. The highest BCUT2D eigenvalue weighted by Gasteiger charge is 2.34. The zero-order chi connectivity index (χ0) is 19.2. The number of carbonyl (C=O) groups excluding carboxylic acids is 2. The second-order valence-corrected chi connectivity index (χ2v) is 6.86. The van der Waals surface area contributed by atoms with Gasteiger partial charge in [-0.3, -0.25) is 14.5 Å². The van der Waals surface area contributed by atoms with Crippen LogP contribution in [-0.2, 0) is 9.53 Å². The number of imide groups is 1. The van der Waals surface area contributed by atoms with E-state index in [2.05, 4.69) is 5.92 Å². The fourth-order valence-electron chi connectivity index (χ4n) is 2.86. The third kappa shape index (κ3) is 4.16. The van der Waals surface area contributed by atoms with E-state index in [1.54, 1.807) is 13.2 Å². The van der Waals surface area contributed by atoms with Crippen molar-refractivity contribution in [2.75, 3.05) is 26.9 Å². The van der Waals surface area contributed by atoms with Crippen molar-refractivity contribution in [3.05, 3.63) is 46.9 Å². The molecule has 27 heavy (non-hydrogen) atoms. The Morgan fingerprint density at radius 1 is 1.22 bits per heavy atom. The van der Waals surface area contributed by atoms with Crippen LogP contribution >= 0.6 is 11.8 Å². The van der Waals surface area contributed by atoms with Gasteiger partial charge in [0, 0.05) is 25.8 Å². The van der Waals surface area contributed by atoms with Gasteiger partial charge in [-0.2, -0.15) is 0 Å². The van der Waals surface area contributed by atoms with Crippen LogP contribution in [0, 0.1) is 12.3 Å². The lowest BCUT2D eigenvalue weighted by atomic mass is 10.0. The molecule has 2 aromatic rings. The molecule has 6 heteroatoms. The summed E-state index contributed by atoms with van der Waals surface area (Å²) in [4.78, 5) is 26.5. The molecule has 1 fully saturated rings. The Morgan fingerprint density at radius 2 is 2.04 bits per heavy atom. The van der Waals surface area contributed by atoms with Crippen LogP contribution in [0.25, 0.3) is 16.8 Å². The number of benzene rings is 2. The summed E-state index contributed by atoms with van der Waals surface area (Å²) in [6.07, 6.45) is 7.63. The van der Waals surface area contributed by atoms with Crippen LogP contribution in [-0.4, -0.2) is 42.9 Å². The van der Waals surface area contributed by atoms with E-state index in [-0.39, 0.29) is 17.8 Å².